The quantitative estimate of drug-likeness (QED) is 0.836. The molecule has 0 aliphatic carbocycles. The Bertz CT molecular complexity index is 656. The first-order valence-corrected chi connectivity index (χ1v) is 8.25. The molecule has 0 aromatic heterocycles. The Hall–Kier alpha value is -2.49. The van der Waals surface area contributed by atoms with Gasteiger partial charge in [-0.2, -0.15) is 0 Å². The van der Waals surface area contributed by atoms with Crippen LogP contribution in [0, 0.1) is 0 Å². The van der Waals surface area contributed by atoms with E-state index >= 15 is 0 Å². The van der Waals surface area contributed by atoms with Crippen LogP contribution in [0.2, 0.25) is 0 Å². The lowest BCUT2D eigenvalue weighted by Gasteiger charge is -2.19. The van der Waals surface area contributed by atoms with E-state index in [1.54, 1.807) is 0 Å². The van der Waals surface area contributed by atoms with Gasteiger partial charge in [0, 0.05) is 12.2 Å². The third-order valence-corrected chi connectivity index (χ3v) is 3.70. The van der Waals surface area contributed by atoms with Gasteiger partial charge in [-0.05, 0) is 47.7 Å². The third kappa shape index (κ3) is 5.30. The van der Waals surface area contributed by atoms with Crippen LogP contribution in [0.4, 0.5) is 10.5 Å². The Labute approximate surface area is 144 Å². The number of carbonyl (C=O) groups excluding carboxylic acids is 1. The number of anilines is 1. The molecular formula is C20H26N2O2. The zero-order chi connectivity index (χ0) is 17.6. The summed E-state index contributed by atoms with van der Waals surface area (Å²) in [7, 11) is 0. The van der Waals surface area contributed by atoms with Gasteiger partial charge in [0.05, 0.1) is 6.61 Å². The van der Waals surface area contributed by atoms with Crippen LogP contribution in [-0.2, 0) is 12.0 Å². The fourth-order valence-corrected chi connectivity index (χ4v) is 2.28. The Kier molecular flexibility index (Phi) is 5.85. The van der Waals surface area contributed by atoms with Crippen molar-refractivity contribution in [3.8, 4) is 5.75 Å². The lowest BCUT2D eigenvalue weighted by atomic mass is 9.87. The molecule has 0 aliphatic heterocycles. The van der Waals surface area contributed by atoms with Crippen molar-refractivity contribution in [1.82, 2.24) is 5.32 Å². The average Bonchev–Trinajstić information content (AvgIpc) is 2.54. The summed E-state index contributed by atoms with van der Waals surface area (Å²) in [5, 5.41) is 5.70. The number of amides is 2. The minimum atomic E-state index is -0.215. The molecule has 0 fully saturated rings. The Morgan fingerprint density at radius 1 is 1.00 bits per heavy atom. The van der Waals surface area contributed by atoms with Crippen molar-refractivity contribution in [2.45, 2.75) is 39.7 Å². The molecule has 0 radical (unpaired) electrons. The zero-order valence-corrected chi connectivity index (χ0v) is 14.8. The normalized spacial score (nSPS) is 11.0. The number of nitrogens with one attached hydrogen (secondary N) is 2. The summed E-state index contributed by atoms with van der Waals surface area (Å²) >= 11 is 0. The third-order valence-electron chi connectivity index (χ3n) is 3.70. The summed E-state index contributed by atoms with van der Waals surface area (Å²) in [5.74, 6) is 0.838. The molecule has 2 amide bonds. The number of rotatable bonds is 5. The van der Waals surface area contributed by atoms with Crippen molar-refractivity contribution >= 4 is 11.7 Å². The zero-order valence-electron chi connectivity index (χ0n) is 14.8. The molecule has 4 heteroatoms. The molecule has 0 bridgehead atoms. The Morgan fingerprint density at radius 3 is 2.17 bits per heavy atom. The molecule has 0 spiro atoms. The van der Waals surface area contributed by atoms with Gasteiger partial charge in [-0.3, -0.25) is 0 Å². The number of urea groups is 1. The van der Waals surface area contributed by atoms with Crippen molar-refractivity contribution in [2.24, 2.45) is 0 Å². The fraction of sp³-hybridized carbons (Fsp3) is 0.350. The van der Waals surface area contributed by atoms with E-state index in [9.17, 15) is 4.79 Å². The van der Waals surface area contributed by atoms with E-state index in [0.29, 0.717) is 13.2 Å². The Balaban J connectivity index is 1.84. The first-order chi connectivity index (χ1) is 11.4. The van der Waals surface area contributed by atoms with E-state index in [1.807, 2.05) is 55.5 Å². The highest BCUT2D eigenvalue weighted by Gasteiger charge is 2.13. The van der Waals surface area contributed by atoms with E-state index in [0.717, 1.165) is 17.0 Å². The first kappa shape index (κ1) is 17.9. The number of carbonyl (C=O) groups is 1. The Morgan fingerprint density at radius 2 is 1.62 bits per heavy atom. The van der Waals surface area contributed by atoms with Gasteiger partial charge < -0.3 is 15.4 Å². The highest BCUT2D eigenvalue weighted by Crippen LogP contribution is 2.23. The second kappa shape index (κ2) is 7.86. The minimum Gasteiger partial charge on any atom is -0.494 e. The molecule has 0 saturated heterocycles. The van der Waals surface area contributed by atoms with Crippen molar-refractivity contribution in [2.75, 3.05) is 11.9 Å². The average molecular weight is 326 g/mol. The van der Waals surface area contributed by atoms with Crippen molar-refractivity contribution in [3.05, 3.63) is 59.7 Å². The van der Waals surface area contributed by atoms with Crippen LogP contribution in [0.15, 0.2) is 48.5 Å². The molecular weight excluding hydrogens is 300 g/mol. The van der Waals surface area contributed by atoms with E-state index in [4.69, 9.17) is 4.74 Å². The van der Waals surface area contributed by atoms with Crippen LogP contribution in [0.25, 0.3) is 0 Å². The number of hydrogen-bond acceptors (Lipinski definition) is 2. The molecule has 0 saturated carbocycles. The van der Waals surface area contributed by atoms with E-state index < -0.39 is 0 Å². The number of ether oxygens (including phenoxy) is 1. The van der Waals surface area contributed by atoms with Gasteiger partial charge in [0.2, 0.25) is 0 Å². The van der Waals surface area contributed by atoms with E-state index in [2.05, 4.69) is 31.4 Å². The first-order valence-electron chi connectivity index (χ1n) is 8.25. The molecule has 0 heterocycles. The topological polar surface area (TPSA) is 50.4 Å². The smallest absolute Gasteiger partial charge is 0.319 e. The van der Waals surface area contributed by atoms with Gasteiger partial charge in [0.1, 0.15) is 5.75 Å². The molecule has 0 atom stereocenters. The van der Waals surface area contributed by atoms with Gasteiger partial charge in [-0.1, -0.05) is 45.0 Å². The summed E-state index contributed by atoms with van der Waals surface area (Å²) in [6.45, 7) is 9.57. The molecule has 4 nitrogen and oxygen atoms in total. The van der Waals surface area contributed by atoms with Crippen LogP contribution in [0.5, 0.6) is 5.75 Å². The predicted molar refractivity (Wildman–Crippen MR) is 98.6 cm³/mol. The number of hydrogen-bond donors (Lipinski definition) is 2. The van der Waals surface area contributed by atoms with E-state index in [1.165, 1.54) is 5.56 Å². The van der Waals surface area contributed by atoms with E-state index in [-0.39, 0.29) is 11.4 Å². The second-order valence-corrected chi connectivity index (χ2v) is 6.71. The molecule has 2 rings (SSSR count). The predicted octanol–water partition coefficient (Wildman–Crippen LogP) is 4.70. The molecule has 2 aromatic carbocycles. The second-order valence-electron chi connectivity index (χ2n) is 6.71. The highest BCUT2D eigenvalue weighted by atomic mass is 16.5. The van der Waals surface area contributed by atoms with Gasteiger partial charge >= 0.3 is 6.03 Å². The fourth-order valence-electron chi connectivity index (χ4n) is 2.28. The standard InChI is InChI=1S/C20H26N2O2/c1-5-24-18-12-6-15(7-13-18)14-21-19(23)22-17-10-8-16(9-11-17)20(2,3)4/h6-13H,5,14H2,1-4H3,(H2,21,22,23). The molecule has 2 aromatic rings. The SMILES string of the molecule is CCOc1ccc(CNC(=O)Nc2ccc(C(C)(C)C)cc2)cc1. The summed E-state index contributed by atoms with van der Waals surface area (Å²) in [5.41, 5.74) is 3.15. The van der Waals surface area contributed by atoms with Crippen LogP contribution in [0.1, 0.15) is 38.8 Å². The molecule has 0 unspecified atom stereocenters. The van der Waals surface area contributed by atoms with Crippen LogP contribution in [0.3, 0.4) is 0 Å². The van der Waals surface area contributed by atoms with Gasteiger partial charge in [-0.25, -0.2) is 4.79 Å². The maximum absolute atomic E-state index is 12.0. The molecule has 128 valence electrons. The molecule has 0 aliphatic rings. The largest absolute Gasteiger partial charge is 0.494 e. The maximum atomic E-state index is 12.0. The summed E-state index contributed by atoms with van der Waals surface area (Å²) in [6, 6.07) is 15.4. The van der Waals surface area contributed by atoms with Crippen LogP contribution in [-0.4, -0.2) is 12.6 Å². The van der Waals surface area contributed by atoms with Crippen molar-refractivity contribution in [1.29, 1.82) is 0 Å². The highest BCUT2D eigenvalue weighted by molar-refractivity contribution is 5.89. The van der Waals surface area contributed by atoms with Gasteiger partial charge in [0.25, 0.3) is 0 Å². The maximum Gasteiger partial charge on any atom is 0.319 e. The summed E-state index contributed by atoms with van der Waals surface area (Å²) in [6.07, 6.45) is 0. The molecule has 24 heavy (non-hydrogen) atoms. The van der Waals surface area contributed by atoms with Crippen molar-refractivity contribution < 1.29 is 9.53 Å². The van der Waals surface area contributed by atoms with Crippen molar-refractivity contribution in [3.63, 3.8) is 0 Å². The summed E-state index contributed by atoms with van der Waals surface area (Å²) in [4.78, 5) is 12.0. The van der Waals surface area contributed by atoms with Gasteiger partial charge in [0.15, 0.2) is 0 Å². The van der Waals surface area contributed by atoms with Crippen LogP contribution >= 0.6 is 0 Å². The molecule has 2 N–H and O–H groups in total. The lowest BCUT2D eigenvalue weighted by Crippen LogP contribution is -2.28. The monoisotopic (exact) mass is 326 g/mol. The lowest BCUT2D eigenvalue weighted by molar-refractivity contribution is 0.251. The minimum absolute atomic E-state index is 0.106. The summed E-state index contributed by atoms with van der Waals surface area (Å²) < 4.78 is 5.40. The number of benzene rings is 2. The van der Waals surface area contributed by atoms with Gasteiger partial charge in [-0.15, -0.1) is 0 Å². The van der Waals surface area contributed by atoms with Crippen LogP contribution < -0.4 is 15.4 Å².